The first-order chi connectivity index (χ1) is 20.9. The van der Waals surface area contributed by atoms with Gasteiger partial charge in [0.2, 0.25) is 0 Å². The molecule has 2 saturated heterocycles. The molecule has 2 aliphatic heterocycles. The molecule has 2 heterocycles. The zero-order valence-electron chi connectivity index (χ0n) is 23.5. The minimum Gasteiger partial charge on any atom is -0.504 e. The number of aliphatic hydroxyl groups is 5. The summed E-state index contributed by atoms with van der Waals surface area (Å²) in [6.45, 7) is 0.606. The summed E-state index contributed by atoms with van der Waals surface area (Å²) >= 11 is 0. The van der Waals surface area contributed by atoms with Crippen molar-refractivity contribution < 1.29 is 74.4 Å². The van der Waals surface area contributed by atoms with E-state index in [9.17, 15) is 50.8 Å². The molecule has 0 aliphatic carbocycles. The third-order valence-electron chi connectivity index (χ3n) is 7.27. The van der Waals surface area contributed by atoms with E-state index in [2.05, 4.69) is 0 Å². The first-order valence-electron chi connectivity index (χ1n) is 13.7. The second-order valence-electron chi connectivity index (χ2n) is 10.4. The smallest absolute Gasteiger partial charge is 0.331 e. The van der Waals surface area contributed by atoms with Crippen molar-refractivity contribution in [3.63, 3.8) is 0 Å². The molecule has 2 aliphatic rings. The van der Waals surface area contributed by atoms with Crippen molar-refractivity contribution in [2.24, 2.45) is 0 Å². The summed E-state index contributed by atoms with van der Waals surface area (Å²) in [5.41, 5.74) is 0.914. The summed E-state index contributed by atoms with van der Waals surface area (Å²) < 4.78 is 28.2. The Morgan fingerprint density at radius 1 is 0.818 bits per heavy atom. The van der Waals surface area contributed by atoms with Crippen LogP contribution in [0.4, 0.5) is 0 Å². The molecule has 2 fully saturated rings. The highest BCUT2D eigenvalue weighted by Crippen LogP contribution is 2.32. The van der Waals surface area contributed by atoms with Gasteiger partial charge >= 0.3 is 5.97 Å². The number of aromatic hydroxyl groups is 4. The Balaban J connectivity index is 1.52. The number of phenols is 4. The van der Waals surface area contributed by atoms with Crippen LogP contribution in [0, 0.1) is 0 Å². The lowest BCUT2D eigenvalue weighted by atomic mass is 9.97. The van der Waals surface area contributed by atoms with Crippen LogP contribution >= 0.6 is 0 Å². The molecular formula is C29H36O15. The third-order valence-corrected chi connectivity index (χ3v) is 7.27. The van der Waals surface area contributed by atoms with Crippen LogP contribution in [-0.4, -0.2) is 127 Å². The predicted octanol–water partition coefficient (Wildman–Crippen LogP) is -1.02. The fourth-order valence-electron chi connectivity index (χ4n) is 4.76. The van der Waals surface area contributed by atoms with Crippen molar-refractivity contribution in [1.82, 2.24) is 0 Å². The lowest BCUT2D eigenvalue weighted by molar-refractivity contribution is -0.357. The normalized spacial score (nSPS) is 32.5. The summed E-state index contributed by atoms with van der Waals surface area (Å²) in [5.74, 6) is -2.40. The van der Waals surface area contributed by atoms with E-state index in [-0.39, 0.29) is 30.3 Å². The Kier molecular flexibility index (Phi) is 11.0. The number of hydrogen-bond acceptors (Lipinski definition) is 15. The van der Waals surface area contributed by atoms with Gasteiger partial charge in [-0.2, -0.15) is 0 Å². The molecule has 44 heavy (non-hydrogen) atoms. The monoisotopic (exact) mass is 624 g/mol. The highest BCUT2D eigenvalue weighted by molar-refractivity contribution is 5.87. The molecule has 9 N–H and O–H groups in total. The molecule has 0 bridgehead atoms. The summed E-state index contributed by atoms with van der Waals surface area (Å²) in [5, 5.41) is 90.5. The Morgan fingerprint density at radius 2 is 1.50 bits per heavy atom. The number of aliphatic hydroxyl groups excluding tert-OH is 5. The molecule has 2 aromatic carbocycles. The summed E-state index contributed by atoms with van der Waals surface area (Å²) in [6.07, 6.45) is -12.6. The fourth-order valence-corrected chi connectivity index (χ4v) is 4.76. The van der Waals surface area contributed by atoms with Crippen molar-refractivity contribution in [2.75, 3.05) is 13.2 Å². The molecule has 242 valence electrons. The molecule has 15 heteroatoms. The van der Waals surface area contributed by atoms with Gasteiger partial charge in [-0.1, -0.05) is 12.1 Å². The van der Waals surface area contributed by atoms with Gasteiger partial charge in [0, 0.05) is 6.08 Å². The topological polar surface area (TPSA) is 245 Å². The molecule has 0 saturated carbocycles. The quantitative estimate of drug-likeness (QED) is 0.0873. The number of esters is 1. The average Bonchev–Trinajstić information content (AvgIpc) is 2.99. The Labute approximate surface area is 251 Å². The molecule has 0 radical (unpaired) electrons. The largest absolute Gasteiger partial charge is 0.504 e. The Hall–Kier alpha value is -3.51. The Morgan fingerprint density at radius 3 is 2.16 bits per heavy atom. The molecule has 0 spiro atoms. The second-order valence-corrected chi connectivity index (χ2v) is 10.4. The van der Waals surface area contributed by atoms with E-state index in [0.717, 1.165) is 6.08 Å². The minimum absolute atomic E-state index is 0.0754. The molecule has 10 atom stereocenters. The van der Waals surface area contributed by atoms with Crippen molar-refractivity contribution in [2.45, 2.75) is 74.8 Å². The SMILES string of the molecule is C[C@@H]1OC(O[C@H]2C(OC(=O)C=Cc3ccc(O)c(O)c3)[C@H](CO)O[C@@H](OCCc3ccc(O)c(O)c3)[C@@H]2O)[C@H](O)[C@H](O)[C@H]1O. The van der Waals surface area contributed by atoms with Gasteiger partial charge in [-0.25, -0.2) is 4.79 Å². The van der Waals surface area contributed by atoms with Crippen LogP contribution < -0.4 is 0 Å². The number of carbonyl (C=O) groups excluding carboxylic acids is 1. The van der Waals surface area contributed by atoms with E-state index in [1.54, 1.807) is 6.07 Å². The molecular weight excluding hydrogens is 588 g/mol. The van der Waals surface area contributed by atoms with Crippen LogP contribution in [0.25, 0.3) is 6.08 Å². The zero-order chi connectivity index (χ0) is 32.1. The fraction of sp³-hybridized carbons (Fsp3) is 0.483. The lowest BCUT2D eigenvalue weighted by Gasteiger charge is -2.46. The first kappa shape index (κ1) is 33.4. The van der Waals surface area contributed by atoms with Gasteiger partial charge in [-0.15, -0.1) is 0 Å². The van der Waals surface area contributed by atoms with Gasteiger partial charge in [-0.3, -0.25) is 0 Å². The van der Waals surface area contributed by atoms with Gasteiger partial charge < -0.3 is 69.6 Å². The van der Waals surface area contributed by atoms with E-state index >= 15 is 0 Å². The van der Waals surface area contributed by atoms with Crippen molar-refractivity contribution in [1.29, 1.82) is 0 Å². The predicted molar refractivity (Wildman–Crippen MR) is 147 cm³/mol. The van der Waals surface area contributed by atoms with Crippen LogP contribution in [-0.2, 0) is 34.9 Å². The van der Waals surface area contributed by atoms with Gasteiger partial charge in [0.05, 0.1) is 19.3 Å². The number of ether oxygens (including phenoxy) is 5. The molecule has 2 unspecified atom stereocenters. The lowest BCUT2D eigenvalue weighted by Crippen LogP contribution is -2.65. The van der Waals surface area contributed by atoms with Crippen LogP contribution in [0.2, 0.25) is 0 Å². The Bertz CT molecular complexity index is 1300. The minimum atomic E-state index is -1.77. The van der Waals surface area contributed by atoms with Gasteiger partial charge in [0.1, 0.15) is 36.6 Å². The van der Waals surface area contributed by atoms with Crippen molar-refractivity contribution in [3.05, 3.63) is 53.6 Å². The maximum atomic E-state index is 12.8. The maximum absolute atomic E-state index is 12.8. The number of hydrogen-bond donors (Lipinski definition) is 9. The van der Waals surface area contributed by atoms with E-state index < -0.39 is 79.7 Å². The summed E-state index contributed by atoms with van der Waals surface area (Å²) in [7, 11) is 0. The van der Waals surface area contributed by atoms with E-state index in [0.29, 0.717) is 11.1 Å². The van der Waals surface area contributed by atoms with Crippen molar-refractivity contribution in [3.8, 4) is 23.0 Å². The molecule has 0 aromatic heterocycles. The number of carbonyl (C=O) groups is 1. The van der Waals surface area contributed by atoms with E-state index in [1.807, 2.05) is 0 Å². The summed E-state index contributed by atoms with van der Waals surface area (Å²) in [4.78, 5) is 12.8. The van der Waals surface area contributed by atoms with Crippen LogP contribution in [0.1, 0.15) is 18.1 Å². The number of rotatable bonds is 10. The average molecular weight is 625 g/mol. The first-order valence-corrected chi connectivity index (χ1v) is 13.7. The van der Waals surface area contributed by atoms with Crippen LogP contribution in [0.5, 0.6) is 23.0 Å². The summed E-state index contributed by atoms with van der Waals surface area (Å²) in [6, 6.07) is 7.98. The molecule has 2 aromatic rings. The molecule has 4 rings (SSSR count). The van der Waals surface area contributed by atoms with Crippen LogP contribution in [0.15, 0.2) is 42.5 Å². The zero-order valence-corrected chi connectivity index (χ0v) is 23.5. The number of benzene rings is 2. The van der Waals surface area contributed by atoms with Gasteiger partial charge in [-0.05, 0) is 54.8 Å². The molecule has 0 amide bonds. The van der Waals surface area contributed by atoms with E-state index in [4.69, 9.17) is 23.7 Å². The van der Waals surface area contributed by atoms with E-state index in [1.165, 1.54) is 43.3 Å². The maximum Gasteiger partial charge on any atom is 0.331 e. The standard InChI is InChI=1S/C29H36O15/c1-13-22(36)23(37)24(38)29(41-13)44-27-25(39)28(40-9-8-15-3-6-17(32)19(34)11-15)42-20(12-30)26(27)43-21(35)7-4-14-2-5-16(31)18(33)10-14/h2-7,10-11,13,20,22-34,36-39H,8-9,12H2,1H3/t13-,20-,22-,23+,24+,25+,26?,27+,28+,29?/m0/s1. The molecule has 15 nitrogen and oxygen atoms in total. The van der Waals surface area contributed by atoms with Gasteiger partial charge in [0.15, 0.2) is 41.7 Å². The highest BCUT2D eigenvalue weighted by Gasteiger charge is 2.52. The van der Waals surface area contributed by atoms with Gasteiger partial charge in [0.25, 0.3) is 0 Å². The number of phenolic OH excluding ortho intramolecular Hbond substituents is 4. The van der Waals surface area contributed by atoms with Crippen LogP contribution in [0.3, 0.4) is 0 Å². The second kappa shape index (κ2) is 14.5. The highest BCUT2D eigenvalue weighted by atomic mass is 16.7. The third kappa shape index (κ3) is 7.76. The van der Waals surface area contributed by atoms with Crippen molar-refractivity contribution >= 4 is 12.0 Å².